The standard InChI is InChI=1S/C28H26F3N5O3/c1-15-22(8-16-4-2-3-5-23(16)39-27(30)31)36-14-20(21(29)9-24(36)34-15)19-10-32-28(33-11-19)35-12-17-6-7-18(13-35)25(17)26(37)38/h2-5,9-11,14,17-18,25,27H,6-8,12-13H2,1H3,(H,37,38)/t17-,18+,25?. The zero-order valence-electron chi connectivity index (χ0n) is 21.1. The maximum Gasteiger partial charge on any atom is 0.387 e. The zero-order chi connectivity index (χ0) is 27.3. The number of aromatic nitrogens is 4. The number of para-hydroxylation sites is 1. The molecule has 202 valence electrons. The third-order valence-electron chi connectivity index (χ3n) is 7.91. The molecule has 6 rings (SSSR count). The van der Waals surface area contributed by atoms with E-state index < -0.39 is 18.4 Å². The summed E-state index contributed by atoms with van der Waals surface area (Å²) in [6.07, 6.45) is 6.76. The monoisotopic (exact) mass is 537 g/mol. The van der Waals surface area contributed by atoms with Crippen LogP contribution in [0.25, 0.3) is 16.8 Å². The Bertz CT molecular complexity index is 1530. The van der Waals surface area contributed by atoms with Crippen LogP contribution < -0.4 is 9.64 Å². The largest absolute Gasteiger partial charge is 0.481 e. The highest BCUT2D eigenvalue weighted by molar-refractivity contribution is 5.72. The van der Waals surface area contributed by atoms with E-state index in [0.717, 1.165) is 12.8 Å². The number of hydrogen-bond donors (Lipinski definition) is 1. The molecule has 0 spiro atoms. The Morgan fingerprint density at radius 2 is 1.85 bits per heavy atom. The average Bonchev–Trinajstić information content (AvgIpc) is 3.35. The van der Waals surface area contributed by atoms with Gasteiger partial charge < -0.3 is 19.1 Å². The van der Waals surface area contributed by atoms with Crippen molar-refractivity contribution in [3.8, 4) is 16.9 Å². The second kappa shape index (κ2) is 9.87. The topological polar surface area (TPSA) is 92.9 Å². The normalized spacial score (nSPS) is 20.6. The summed E-state index contributed by atoms with van der Waals surface area (Å²) in [7, 11) is 0. The van der Waals surface area contributed by atoms with Crippen LogP contribution in [0.5, 0.6) is 5.75 Å². The van der Waals surface area contributed by atoms with Crippen molar-refractivity contribution >= 4 is 17.6 Å². The number of aliphatic carboxylic acids is 1. The SMILES string of the molecule is Cc1nc2cc(F)c(-c3cnc(N4C[C@H]5CC[C@@H](C4)C5C(=O)O)nc3)cn2c1Cc1ccccc1OC(F)F. The molecule has 11 heteroatoms. The molecule has 0 amide bonds. The third kappa shape index (κ3) is 4.66. The number of alkyl halides is 2. The van der Waals surface area contributed by atoms with E-state index in [2.05, 4.69) is 19.7 Å². The Morgan fingerprint density at radius 3 is 2.51 bits per heavy atom. The number of carboxylic acids is 1. The van der Waals surface area contributed by atoms with Gasteiger partial charge in [0.1, 0.15) is 17.2 Å². The minimum absolute atomic E-state index is 0.0727. The number of imidazole rings is 1. The van der Waals surface area contributed by atoms with E-state index in [4.69, 9.17) is 0 Å². The van der Waals surface area contributed by atoms with Crippen molar-refractivity contribution in [2.45, 2.75) is 32.8 Å². The first-order chi connectivity index (χ1) is 18.8. The van der Waals surface area contributed by atoms with Crippen LogP contribution in [-0.4, -0.2) is 50.1 Å². The van der Waals surface area contributed by atoms with Crippen LogP contribution in [0.4, 0.5) is 19.1 Å². The molecule has 0 radical (unpaired) electrons. The summed E-state index contributed by atoms with van der Waals surface area (Å²) < 4.78 is 47.4. The van der Waals surface area contributed by atoms with Gasteiger partial charge in [0, 0.05) is 66.6 Å². The Labute approximate surface area is 222 Å². The maximum atomic E-state index is 15.2. The Morgan fingerprint density at radius 1 is 1.15 bits per heavy atom. The van der Waals surface area contributed by atoms with Gasteiger partial charge in [0.15, 0.2) is 0 Å². The lowest BCUT2D eigenvalue weighted by atomic mass is 9.85. The van der Waals surface area contributed by atoms with E-state index in [9.17, 15) is 18.7 Å². The molecular formula is C28H26F3N5O3. The van der Waals surface area contributed by atoms with Gasteiger partial charge in [-0.15, -0.1) is 0 Å². The highest BCUT2D eigenvalue weighted by Gasteiger charge is 2.46. The van der Waals surface area contributed by atoms with Gasteiger partial charge in [0.25, 0.3) is 0 Å². The summed E-state index contributed by atoms with van der Waals surface area (Å²) >= 11 is 0. The van der Waals surface area contributed by atoms with E-state index in [-0.39, 0.29) is 35.5 Å². The van der Waals surface area contributed by atoms with E-state index in [1.807, 2.05) is 4.90 Å². The van der Waals surface area contributed by atoms with Crippen LogP contribution in [0, 0.1) is 30.5 Å². The van der Waals surface area contributed by atoms with Crippen LogP contribution in [0.2, 0.25) is 0 Å². The number of pyridine rings is 1. The molecule has 2 aliphatic rings. The molecule has 1 saturated heterocycles. The number of rotatable bonds is 7. The first kappa shape index (κ1) is 25.1. The first-order valence-electron chi connectivity index (χ1n) is 12.8. The summed E-state index contributed by atoms with van der Waals surface area (Å²) in [5, 5.41) is 9.56. The summed E-state index contributed by atoms with van der Waals surface area (Å²) in [6.45, 7) is 0.00911. The molecule has 1 aliphatic carbocycles. The molecule has 3 atom stereocenters. The number of fused-ring (bicyclic) bond motifs is 3. The molecule has 1 saturated carbocycles. The molecule has 1 aliphatic heterocycles. The molecule has 1 N–H and O–H groups in total. The van der Waals surface area contributed by atoms with E-state index in [0.29, 0.717) is 47.2 Å². The van der Waals surface area contributed by atoms with Gasteiger partial charge in [-0.25, -0.2) is 19.3 Å². The smallest absolute Gasteiger partial charge is 0.387 e. The van der Waals surface area contributed by atoms with E-state index >= 15 is 4.39 Å². The molecule has 2 fully saturated rings. The molecule has 3 aromatic heterocycles. The zero-order valence-corrected chi connectivity index (χ0v) is 21.1. The number of benzene rings is 1. The van der Waals surface area contributed by atoms with Gasteiger partial charge in [-0.3, -0.25) is 4.79 Å². The number of carboxylic acid groups (broad SMARTS) is 1. The number of ether oxygens (including phenoxy) is 1. The van der Waals surface area contributed by atoms with Gasteiger partial charge in [0.05, 0.1) is 11.6 Å². The lowest BCUT2D eigenvalue weighted by molar-refractivity contribution is -0.144. The number of nitrogens with zero attached hydrogens (tertiary/aromatic N) is 5. The molecule has 8 nitrogen and oxygen atoms in total. The highest BCUT2D eigenvalue weighted by Crippen LogP contribution is 2.42. The van der Waals surface area contributed by atoms with Gasteiger partial charge >= 0.3 is 12.6 Å². The second-order valence-corrected chi connectivity index (χ2v) is 10.2. The van der Waals surface area contributed by atoms with Gasteiger partial charge in [-0.1, -0.05) is 18.2 Å². The van der Waals surface area contributed by atoms with Crippen molar-refractivity contribution in [2.75, 3.05) is 18.0 Å². The predicted octanol–water partition coefficient (Wildman–Crippen LogP) is 4.98. The number of aryl methyl sites for hydroxylation is 1. The van der Waals surface area contributed by atoms with Crippen molar-refractivity contribution < 1.29 is 27.8 Å². The van der Waals surface area contributed by atoms with Crippen molar-refractivity contribution in [3.05, 3.63) is 71.7 Å². The summed E-state index contributed by atoms with van der Waals surface area (Å²) in [5.41, 5.74) is 3.05. The fourth-order valence-corrected chi connectivity index (χ4v) is 6.11. The van der Waals surface area contributed by atoms with Crippen LogP contribution in [0.3, 0.4) is 0 Å². The molecule has 1 unspecified atom stereocenters. The molecule has 4 heterocycles. The highest BCUT2D eigenvalue weighted by atomic mass is 19.3. The number of anilines is 1. The van der Waals surface area contributed by atoms with Crippen molar-refractivity contribution in [2.24, 2.45) is 17.8 Å². The number of piperidine rings is 1. The Kier molecular flexibility index (Phi) is 6.36. The second-order valence-electron chi connectivity index (χ2n) is 10.2. The average molecular weight is 538 g/mol. The van der Waals surface area contributed by atoms with Crippen LogP contribution in [0.1, 0.15) is 29.8 Å². The number of halogens is 3. The number of carbonyl (C=O) groups is 1. The van der Waals surface area contributed by atoms with Gasteiger partial charge in [-0.05, 0) is 37.7 Å². The van der Waals surface area contributed by atoms with E-state index in [1.165, 1.54) is 12.1 Å². The summed E-state index contributed by atoms with van der Waals surface area (Å²) in [5.74, 6) is -0.819. The van der Waals surface area contributed by atoms with Crippen LogP contribution in [-0.2, 0) is 11.2 Å². The van der Waals surface area contributed by atoms with Crippen LogP contribution in [0.15, 0.2) is 48.9 Å². The van der Waals surface area contributed by atoms with E-state index in [1.54, 1.807) is 48.1 Å². The Hall–Kier alpha value is -4.15. The summed E-state index contributed by atoms with van der Waals surface area (Å²) in [6, 6.07) is 7.89. The Balaban J connectivity index is 1.29. The minimum Gasteiger partial charge on any atom is -0.481 e. The fraction of sp³-hybridized carbons (Fsp3) is 0.357. The third-order valence-corrected chi connectivity index (χ3v) is 7.91. The lowest BCUT2D eigenvalue weighted by Crippen LogP contribution is -2.45. The molecule has 1 aromatic carbocycles. The summed E-state index contributed by atoms with van der Waals surface area (Å²) in [4.78, 5) is 27.1. The van der Waals surface area contributed by atoms with Crippen molar-refractivity contribution in [3.63, 3.8) is 0 Å². The fourth-order valence-electron chi connectivity index (χ4n) is 6.11. The predicted molar refractivity (Wildman–Crippen MR) is 136 cm³/mol. The molecular weight excluding hydrogens is 511 g/mol. The van der Waals surface area contributed by atoms with Gasteiger partial charge in [0.2, 0.25) is 5.95 Å². The molecule has 2 bridgehead atoms. The lowest BCUT2D eigenvalue weighted by Gasteiger charge is -2.35. The van der Waals surface area contributed by atoms with Gasteiger partial charge in [-0.2, -0.15) is 8.78 Å². The van der Waals surface area contributed by atoms with Crippen molar-refractivity contribution in [1.82, 2.24) is 19.4 Å². The number of hydrogen-bond acceptors (Lipinski definition) is 6. The van der Waals surface area contributed by atoms with Crippen LogP contribution >= 0.6 is 0 Å². The quantitative estimate of drug-likeness (QED) is 0.356. The van der Waals surface area contributed by atoms with Crippen molar-refractivity contribution in [1.29, 1.82) is 0 Å². The molecule has 4 aromatic rings. The molecule has 39 heavy (non-hydrogen) atoms. The minimum atomic E-state index is -2.95. The maximum absolute atomic E-state index is 15.2. The first-order valence-corrected chi connectivity index (χ1v) is 12.8.